The van der Waals surface area contributed by atoms with E-state index in [4.69, 9.17) is 9.47 Å². The minimum atomic E-state index is -0.505. The van der Waals surface area contributed by atoms with E-state index < -0.39 is 10.9 Å². The van der Waals surface area contributed by atoms with Crippen molar-refractivity contribution < 1.29 is 24.0 Å². The second-order valence-corrected chi connectivity index (χ2v) is 6.25. The number of hydrogen-bond donors (Lipinski definition) is 1. The second-order valence-electron chi connectivity index (χ2n) is 6.25. The summed E-state index contributed by atoms with van der Waals surface area (Å²) in [4.78, 5) is 34.6. The third-order valence-electron chi connectivity index (χ3n) is 4.19. The minimum Gasteiger partial charge on any atom is -0.496 e. The highest BCUT2D eigenvalue weighted by Gasteiger charge is 2.12. The Labute approximate surface area is 172 Å². The van der Waals surface area contributed by atoms with E-state index in [0.29, 0.717) is 28.3 Å². The Morgan fingerprint density at radius 3 is 2.27 bits per heavy atom. The molecule has 0 aliphatic carbocycles. The van der Waals surface area contributed by atoms with Crippen molar-refractivity contribution in [2.45, 2.75) is 6.42 Å². The van der Waals surface area contributed by atoms with Crippen molar-refractivity contribution in [3.05, 3.63) is 94.0 Å². The maximum atomic E-state index is 12.4. The number of methoxy groups -OCH3 is 1. The molecule has 0 unspecified atom stereocenters. The van der Waals surface area contributed by atoms with Crippen LogP contribution in [0.4, 0.5) is 11.4 Å². The van der Waals surface area contributed by atoms with Crippen molar-refractivity contribution in [3.8, 4) is 11.5 Å². The minimum absolute atomic E-state index is 0.0235. The number of nitrogens with one attached hydrogen (secondary N) is 1. The molecule has 8 heteroatoms. The van der Waals surface area contributed by atoms with Crippen molar-refractivity contribution >= 4 is 23.3 Å². The van der Waals surface area contributed by atoms with Gasteiger partial charge in [-0.05, 0) is 42.0 Å². The van der Waals surface area contributed by atoms with Crippen LogP contribution in [0.15, 0.2) is 72.8 Å². The predicted molar refractivity (Wildman–Crippen MR) is 110 cm³/mol. The number of rotatable bonds is 7. The molecule has 0 aromatic heterocycles. The number of non-ortho nitro benzene ring substituents is 1. The summed E-state index contributed by atoms with van der Waals surface area (Å²) in [6, 6.07) is 18.9. The topological polar surface area (TPSA) is 108 Å². The van der Waals surface area contributed by atoms with Crippen LogP contribution in [0.1, 0.15) is 15.9 Å². The fourth-order valence-electron chi connectivity index (χ4n) is 2.71. The van der Waals surface area contributed by atoms with Crippen molar-refractivity contribution in [1.82, 2.24) is 0 Å². The number of nitrogens with zero attached hydrogens (tertiary/aromatic N) is 1. The van der Waals surface area contributed by atoms with Gasteiger partial charge in [-0.25, -0.2) is 0 Å². The number of para-hydroxylation sites is 1. The van der Waals surface area contributed by atoms with Gasteiger partial charge in [0, 0.05) is 17.8 Å². The molecule has 3 aromatic carbocycles. The number of benzene rings is 3. The normalized spacial score (nSPS) is 10.2. The highest BCUT2D eigenvalue weighted by Crippen LogP contribution is 2.21. The van der Waals surface area contributed by atoms with Gasteiger partial charge >= 0.3 is 5.97 Å². The number of hydrogen-bond acceptors (Lipinski definition) is 6. The number of amides is 1. The summed E-state index contributed by atoms with van der Waals surface area (Å²) in [5.41, 5.74) is 1.49. The molecule has 0 saturated carbocycles. The first-order chi connectivity index (χ1) is 14.5. The standard InChI is InChI=1S/C22H18N2O6/c1-29-20-5-3-2-4-19(20)22(26)23-16-8-12-18(13-9-16)30-21(25)14-15-6-10-17(11-7-15)24(27)28/h2-13H,14H2,1H3,(H,23,26). The Morgan fingerprint density at radius 1 is 0.967 bits per heavy atom. The van der Waals surface area contributed by atoms with E-state index in [9.17, 15) is 19.7 Å². The van der Waals surface area contributed by atoms with E-state index in [-0.39, 0.29) is 18.0 Å². The zero-order valence-corrected chi connectivity index (χ0v) is 16.0. The lowest BCUT2D eigenvalue weighted by atomic mass is 10.1. The Bertz CT molecular complexity index is 1060. The first kappa shape index (κ1) is 20.5. The molecule has 1 N–H and O–H groups in total. The molecule has 30 heavy (non-hydrogen) atoms. The first-order valence-electron chi connectivity index (χ1n) is 8.94. The quantitative estimate of drug-likeness (QED) is 0.275. The Hall–Kier alpha value is -4.20. The van der Waals surface area contributed by atoms with Crippen molar-refractivity contribution in [2.24, 2.45) is 0 Å². The predicted octanol–water partition coefficient (Wildman–Crippen LogP) is 4.00. The van der Waals surface area contributed by atoms with Gasteiger partial charge in [-0.1, -0.05) is 24.3 Å². The average molecular weight is 406 g/mol. The van der Waals surface area contributed by atoms with E-state index in [1.807, 2.05) is 0 Å². The Kier molecular flexibility index (Phi) is 6.39. The molecule has 3 rings (SSSR count). The van der Waals surface area contributed by atoms with Gasteiger partial charge < -0.3 is 14.8 Å². The van der Waals surface area contributed by atoms with Crippen LogP contribution in [0.2, 0.25) is 0 Å². The molecule has 0 aliphatic rings. The van der Waals surface area contributed by atoms with Gasteiger partial charge in [-0.3, -0.25) is 19.7 Å². The molecule has 0 saturated heterocycles. The summed E-state index contributed by atoms with van der Waals surface area (Å²) >= 11 is 0. The van der Waals surface area contributed by atoms with Gasteiger partial charge in [0.1, 0.15) is 11.5 Å². The van der Waals surface area contributed by atoms with Crippen LogP contribution >= 0.6 is 0 Å². The number of carbonyl (C=O) groups is 2. The van der Waals surface area contributed by atoms with E-state index in [0.717, 1.165) is 0 Å². The van der Waals surface area contributed by atoms with Gasteiger partial charge in [0.25, 0.3) is 11.6 Å². The summed E-state index contributed by atoms with van der Waals surface area (Å²) in [5, 5.41) is 13.4. The Morgan fingerprint density at radius 2 is 1.63 bits per heavy atom. The maximum absolute atomic E-state index is 12.4. The molecule has 0 aliphatic heterocycles. The fraction of sp³-hybridized carbons (Fsp3) is 0.0909. The van der Waals surface area contributed by atoms with Gasteiger partial charge in [0.2, 0.25) is 0 Å². The number of nitro groups is 1. The molecular formula is C22H18N2O6. The van der Waals surface area contributed by atoms with Gasteiger partial charge in [-0.15, -0.1) is 0 Å². The maximum Gasteiger partial charge on any atom is 0.315 e. The monoisotopic (exact) mass is 406 g/mol. The lowest BCUT2D eigenvalue weighted by Crippen LogP contribution is -2.13. The number of ether oxygens (including phenoxy) is 2. The van der Waals surface area contributed by atoms with Crippen LogP contribution < -0.4 is 14.8 Å². The van der Waals surface area contributed by atoms with Crippen molar-refractivity contribution in [2.75, 3.05) is 12.4 Å². The molecule has 1 amide bonds. The van der Waals surface area contributed by atoms with Crippen LogP contribution in [0.5, 0.6) is 11.5 Å². The summed E-state index contributed by atoms with van der Waals surface area (Å²) in [5.74, 6) is -0.0472. The van der Waals surface area contributed by atoms with Crippen LogP contribution in [-0.4, -0.2) is 23.9 Å². The van der Waals surface area contributed by atoms with E-state index >= 15 is 0 Å². The molecule has 3 aromatic rings. The molecule has 0 atom stereocenters. The lowest BCUT2D eigenvalue weighted by molar-refractivity contribution is -0.384. The molecule has 0 fully saturated rings. The molecule has 8 nitrogen and oxygen atoms in total. The SMILES string of the molecule is COc1ccccc1C(=O)Nc1ccc(OC(=O)Cc2ccc([N+](=O)[O-])cc2)cc1. The zero-order valence-electron chi connectivity index (χ0n) is 16.0. The van der Waals surface area contributed by atoms with E-state index in [1.165, 1.54) is 31.4 Å². The molecular weight excluding hydrogens is 388 g/mol. The van der Waals surface area contributed by atoms with Crippen LogP contribution in [0, 0.1) is 10.1 Å². The van der Waals surface area contributed by atoms with Gasteiger partial charge in [-0.2, -0.15) is 0 Å². The average Bonchev–Trinajstić information content (AvgIpc) is 2.75. The van der Waals surface area contributed by atoms with Gasteiger partial charge in [0.15, 0.2) is 0 Å². The smallest absolute Gasteiger partial charge is 0.315 e. The highest BCUT2D eigenvalue weighted by molar-refractivity contribution is 6.06. The summed E-state index contributed by atoms with van der Waals surface area (Å²) in [7, 11) is 1.49. The molecule has 152 valence electrons. The molecule has 0 radical (unpaired) electrons. The lowest BCUT2D eigenvalue weighted by Gasteiger charge is -2.10. The molecule has 0 spiro atoms. The summed E-state index contributed by atoms with van der Waals surface area (Å²) in [6.07, 6.45) is -0.0235. The largest absolute Gasteiger partial charge is 0.496 e. The number of nitro benzene ring substituents is 1. The van der Waals surface area contributed by atoms with Gasteiger partial charge in [0.05, 0.1) is 24.0 Å². The van der Waals surface area contributed by atoms with Crippen molar-refractivity contribution in [3.63, 3.8) is 0 Å². The molecule has 0 bridgehead atoms. The second kappa shape index (κ2) is 9.33. The van der Waals surface area contributed by atoms with E-state index in [2.05, 4.69) is 5.32 Å². The third kappa shape index (κ3) is 5.20. The fourth-order valence-corrected chi connectivity index (χ4v) is 2.71. The van der Waals surface area contributed by atoms with Crippen LogP contribution in [0.25, 0.3) is 0 Å². The van der Waals surface area contributed by atoms with E-state index in [1.54, 1.807) is 48.5 Å². The number of anilines is 1. The van der Waals surface area contributed by atoms with Crippen molar-refractivity contribution in [1.29, 1.82) is 0 Å². The van der Waals surface area contributed by atoms with Crippen LogP contribution in [0.3, 0.4) is 0 Å². The Balaban J connectivity index is 1.58. The first-order valence-corrected chi connectivity index (χ1v) is 8.94. The zero-order chi connectivity index (χ0) is 21.5. The number of carbonyl (C=O) groups excluding carboxylic acids is 2. The van der Waals surface area contributed by atoms with Crippen LogP contribution in [-0.2, 0) is 11.2 Å². The highest BCUT2D eigenvalue weighted by atomic mass is 16.6. The summed E-state index contributed by atoms with van der Waals surface area (Å²) < 4.78 is 10.5. The third-order valence-corrected chi connectivity index (χ3v) is 4.19. The molecule has 0 heterocycles. The summed E-state index contributed by atoms with van der Waals surface area (Å²) in [6.45, 7) is 0. The number of esters is 1.